The normalized spacial score (nSPS) is 11.5. The topological polar surface area (TPSA) is 38.3 Å². The number of amides is 1. The van der Waals surface area contributed by atoms with Gasteiger partial charge < -0.3 is 10.1 Å². The molecule has 0 aliphatic heterocycles. The van der Waals surface area contributed by atoms with Gasteiger partial charge in [-0.1, -0.05) is 77.1 Å². The Labute approximate surface area is 164 Å². The lowest BCUT2D eigenvalue weighted by Gasteiger charge is -2.19. The van der Waals surface area contributed by atoms with Crippen molar-refractivity contribution in [1.29, 1.82) is 0 Å². The maximum Gasteiger partial charge on any atom is 0.220 e. The van der Waals surface area contributed by atoms with E-state index < -0.39 is 0 Å². The van der Waals surface area contributed by atoms with Gasteiger partial charge in [0.25, 0.3) is 0 Å². The number of nitrogens with one attached hydrogen (secondary N) is 1. The third kappa shape index (κ3) is 6.74. The van der Waals surface area contributed by atoms with E-state index >= 15 is 0 Å². The molecule has 0 aliphatic rings. The van der Waals surface area contributed by atoms with Crippen LogP contribution in [0.25, 0.3) is 0 Å². The molecule has 0 atom stereocenters. The van der Waals surface area contributed by atoms with E-state index in [2.05, 4.69) is 70.3 Å². The SMILES string of the molecule is CC(C)c1ccccc1OCCNC(=O)CCc1ccc(C(C)(C)C)cc1. The maximum absolute atomic E-state index is 12.1. The molecule has 0 saturated carbocycles. The number of ether oxygens (including phenoxy) is 1. The van der Waals surface area contributed by atoms with Gasteiger partial charge >= 0.3 is 0 Å². The average molecular weight is 368 g/mol. The summed E-state index contributed by atoms with van der Waals surface area (Å²) in [6.45, 7) is 11.9. The zero-order valence-electron chi connectivity index (χ0n) is 17.3. The van der Waals surface area contributed by atoms with Gasteiger partial charge in [0, 0.05) is 6.42 Å². The molecule has 0 bridgehead atoms. The van der Waals surface area contributed by atoms with Crippen LogP contribution in [0, 0.1) is 0 Å². The van der Waals surface area contributed by atoms with Gasteiger partial charge in [-0.25, -0.2) is 0 Å². The molecule has 0 heterocycles. The largest absolute Gasteiger partial charge is 0.491 e. The fraction of sp³-hybridized carbons (Fsp3) is 0.458. The highest BCUT2D eigenvalue weighted by molar-refractivity contribution is 5.76. The van der Waals surface area contributed by atoms with E-state index in [9.17, 15) is 4.79 Å². The van der Waals surface area contributed by atoms with E-state index in [0.29, 0.717) is 25.5 Å². The van der Waals surface area contributed by atoms with Gasteiger partial charge in [-0.15, -0.1) is 0 Å². The van der Waals surface area contributed by atoms with Crippen LogP contribution < -0.4 is 10.1 Å². The number of rotatable bonds is 8. The quantitative estimate of drug-likeness (QED) is 0.648. The molecule has 0 saturated heterocycles. The minimum absolute atomic E-state index is 0.0654. The van der Waals surface area contributed by atoms with Crippen molar-refractivity contribution < 1.29 is 9.53 Å². The summed E-state index contributed by atoms with van der Waals surface area (Å²) in [5.74, 6) is 1.39. The van der Waals surface area contributed by atoms with Crippen molar-refractivity contribution in [2.75, 3.05) is 13.2 Å². The van der Waals surface area contributed by atoms with Crippen molar-refractivity contribution >= 4 is 5.91 Å². The molecule has 27 heavy (non-hydrogen) atoms. The van der Waals surface area contributed by atoms with Crippen molar-refractivity contribution in [3.63, 3.8) is 0 Å². The Hall–Kier alpha value is -2.29. The molecule has 1 N–H and O–H groups in total. The smallest absolute Gasteiger partial charge is 0.220 e. The first-order valence-corrected chi connectivity index (χ1v) is 9.85. The predicted molar refractivity (Wildman–Crippen MR) is 112 cm³/mol. The number of para-hydroxylation sites is 1. The molecule has 0 radical (unpaired) electrons. The van der Waals surface area contributed by atoms with Gasteiger partial charge in [-0.05, 0) is 40.5 Å². The minimum Gasteiger partial charge on any atom is -0.491 e. The molecule has 1 amide bonds. The van der Waals surface area contributed by atoms with Gasteiger partial charge in [-0.3, -0.25) is 4.79 Å². The molecule has 2 rings (SSSR count). The zero-order chi connectivity index (χ0) is 19.9. The fourth-order valence-corrected chi connectivity index (χ4v) is 2.96. The number of aryl methyl sites for hydroxylation is 1. The molecule has 3 heteroatoms. The maximum atomic E-state index is 12.1. The summed E-state index contributed by atoms with van der Waals surface area (Å²) >= 11 is 0. The molecule has 2 aromatic rings. The second kappa shape index (κ2) is 9.59. The first-order valence-electron chi connectivity index (χ1n) is 9.85. The van der Waals surface area contributed by atoms with Gasteiger partial charge in [0.2, 0.25) is 5.91 Å². The predicted octanol–water partition coefficient (Wildman–Crippen LogP) is 5.24. The molecule has 0 aromatic heterocycles. The molecule has 0 aliphatic carbocycles. The summed E-state index contributed by atoms with van der Waals surface area (Å²) in [4.78, 5) is 12.1. The van der Waals surface area contributed by atoms with Gasteiger partial charge in [0.15, 0.2) is 0 Å². The van der Waals surface area contributed by atoms with E-state index in [0.717, 1.165) is 12.2 Å². The van der Waals surface area contributed by atoms with Crippen molar-refractivity contribution in [1.82, 2.24) is 5.32 Å². The Balaban J connectivity index is 1.71. The second-order valence-electron chi connectivity index (χ2n) is 8.34. The Kier molecular flexibility index (Phi) is 7.46. The third-order valence-electron chi connectivity index (χ3n) is 4.68. The van der Waals surface area contributed by atoms with Gasteiger partial charge in [0.05, 0.1) is 6.54 Å². The Bertz CT molecular complexity index is 727. The number of hydrogen-bond acceptors (Lipinski definition) is 2. The number of benzene rings is 2. The molecular formula is C24H33NO2. The molecule has 0 unspecified atom stereocenters. The van der Waals surface area contributed by atoms with E-state index in [1.54, 1.807) is 0 Å². The van der Waals surface area contributed by atoms with Crippen molar-refractivity contribution in [2.45, 2.75) is 58.8 Å². The first kappa shape index (κ1) is 21.0. The van der Waals surface area contributed by atoms with Crippen molar-refractivity contribution in [3.8, 4) is 5.75 Å². The molecule has 0 spiro atoms. The van der Waals surface area contributed by atoms with Crippen LogP contribution in [0.2, 0.25) is 0 Å². The summed E-state index contributed by atoms with van der Waals surface area (Å²) in [7, 11) is 0. The number of hydrogen-bond donors (Lipinski definition) is 1. The van der Waals surface area contributed by atoms with Crippen LogP contribution in [-0.4, -0.2) is 19.1 Å². The third-order valence-corrected chi connectivity index (χ3v) is 4.68. The molecule has 2 aromatic carbocycles. The summed E-state index contributed by atoms with van der Waals surface area (Å²) in [6, 6.07) is 16.6. The lowest BCUT2D eigenvalue weighted by molar-refractivity contribution is -0.121. The standard InChI is InChI=1S/C24H33NO2/c1-18(2)21-8-6-7-9-22(21)27-17-16-25-23(26)15-12-19-10-13-20(14-11-19)24(3,4)5/h6-11,13-14,18H,12,15-17H2,1-5H3,(H,25,26). The van der Waals surface area contributed by atoms with Crippen molar-refractivity contribution in [3.05, 3.63) is 65.2 Å². The zero-order valence-corrected chi connectivity index (χ0v) is 17.3. The number of carbonyl (C=O) groups excluding carboxylic acids is 1. The number of carbonyl (C=O) groups is 1. The van der Waals surface area contributed by atoms with Crippen LogP contribution in [0.4, 0.5) is 0 Å². The van der Waals surface area contributed by atoms with Crippen LogP contribution >= 0.6 is 0 Å². The van der Waals surface area contributed by atoms with Crippen LogP contribution in [-0.2, 0) is 16.6 Å². The highest BCUT2D eigenvalue weighted by Crippen LogP contribution is 2.25. The van der Waals surface area contributed by atoms with E-state index in [1.807, 2.05) is 18.2 Å². The lowest BCUT2D eigenvalue weighted by atomic mass is 9.86. The molecular weight excluding hydrogens is 334 g/mol. The Morgan fingerprint density at radius 2 is 1.70 bits per heavy atom. The Morgan fingerprint density at radius 3 is 2.33 bits per heavy atom. The van der Waals surface area contributed by atoms with Crippen LogP contribution in [0.3, 0.4) is 0 Å². The molecule has 146 valence electrons. The highest BCUT2D eigenvalue weighted by Gasteiger charge is 2.13. The highest BCUT2D eigenvalue weighted by atomic mass is 16.5. The van der Waals surface area contributed by atoms with Crippen LogP contribution in [0.15, 0.2) is 48.5 Å². The van der Waals surface area contributed by atoms with Gasteiger partial charge in [0.1, 0.15) is 12.4 Å². The van der Waals surface area contributed by atoms with Crippen LogP contribution in [0.1, 0.15) is 63.6 Å². The minimum atomic E-state index is 0.0654. The lowest BCUT2D eigenvalue weighted by Crippen LogP contribution is -2.28. The summed E-state index contributed by atoms with van der Waals surface area (Å²) in [6.07, 6.45) is 1.25. The first-order chi connectivity index (χ1) is 12.8. The average Bonchev–Trinajstić information content (AvgIpc) is 2.63. The monoisotopic (exact) mass is 367 g/mol. The molecule has 3 nitrogen and oxygen atoms in total. The summed E-state index contributed by atoms with van der Waals surface area (Å²) in [5, 5.41) is 2.94. The fourth-order valence-electron chi connectivity index (χ4n) is 2.96. The Morgan fingerprint density at radius 1 is 1.04 bits per heavy atom. The van der Waals surface area contributed by atoms with E-state index in [-0.39, 0.29) is 11.3 Å². The van der Waals surface area contributed by atoms with E-state index in [1.165, 1.54) is 16.7 Å². The summed E-state index contributed by atoms with van der Waals surface area (Å²) < 4.78 is 5.84. The van der Waals surface area contributed by atoms with Gasteiger partial charge in [-0.2, -0.15) is 0 Å². The van der Waals surface area contributed by atoms with Crippen molar-refractivity contribution in [2.24, 2.45) is 0 Å². The second-order valence-corrected chi connectivity index (χ2v) is 8.34. The van der Waals surface area contributed by atoms with Crippen LogP contribution in [0.5, 0.6) is 5.75 Å². The molecule has 0 fully saturated rings. The van der Waals surface area contributed by atoms with E-state index in [4.69, 9.17) is 4.74 Å². The summed E-state index contributed by atoms with van der Waals surface area (Å²) in [5.41, 5.74) is 3.86.